The van der Waals surface area contributed by atoms with Crippen molar-refractivity contribution >= 4 is 30.0 Å². The molecule has 0 bridgehead atoms. The second-order valence-electron chi connectivity index (χ2n) is 2.24. The molecule has 0 aliphatic carbocycles. The number of aromatic nitrogens is 1. The number of aromatic amines is 1. The van der Waals surface area contributed by atoms with E-state index < -0.39 is 5.97 Å². The van der Waals surface area contributed by atoms with Gasteiger partial charge in [-0.1, -0.05) is 6.58 Å². The highest BCUT2D eigenvalue weighted by Gasteiger charge is 1.98. The first kappa shape index (κ1) is 9.73. The number of rotatable bonds is 2. The minimum absolute atomic E-state index is 0.301. The number of hydrogen-bond acceptors (Lipinski definition) is 4. The fraction of sp³-hybridized carbons (Fsp3) is 0.250. The number of H-pyrrole nitrogens is 1. The van der Waals surface area contributed by atoms with Gasteiger partial charge in [-0.2, -0.15) is 0 Å². The van der Waals surface area contributed by atoms with E-state index in [1.165, 1.54) is 6.08 Å². The first-order valence-electron chi connectivity index (χ1n) is 3.70. The van der Waals surface area contributed by atoms with Crippen LogP contribution in [0.1, 0.15) is 6.92 Å². The fourth-order valence-electron chi connectivity index (χ4n) is 0.779. The van der Waals surface area contributed by atoms with Crippen LogP contribution in [0.5, 0.6) is 0 Å². The third-order valence-corrected chi connectivity index (χ3v) is 2.12. The molecule has 1 rings (SSSR count). The molecule has 0 aliphatic rings. The topological polar surface area (TPSA) is 59.2 Å². The molecule has 0 saturated carbocycles. The van der Waals surface area contributed by atoms with Crippen molar-refractivity contribution in [2.75, 3.05) is 6.61 Å². The summed E-state index contributed by atoms with van der Waals surface area (Å²) in [4.78, 5) is 24.5. The number of ether oxygens (including phenoxy) is 1. The highest BCUT2D eigenvalue weighted by atomic mass is 32.1. The number of thiazole rings is 1. The molecule has 4 nitrogen and oxygen atoms in total. The molecule has 1 aromatic rings. The van der Waals surface area contributed by atoms with E-state index in [2.05, 4.69) is 16.3 Å². The normalized spacial score (nSPS) is 11.6. The van der Waals surface area contributed by atoms with Crippen molar-refractivity contribution in [3.63, 3.8) is 0 Å². The smallest absolute Gasteiger partial charge is 0.332 e. The molecule has 0 spiro atoms. The quantitative estimate of drug-likeness (QED) is 0.634. The van der Waals surface area contributed by atoms with Crippen molar-refractivity contribution in [2.24, 2.45) is 0 Å². The molecule has 5 heteroatoms. The number of nitrogens with one attached hydrogen (secondary N) is 1. The van der Waals surface area contributed by atoms with Crippen LogP contribution in [0, 0.1) is 0 Å². The van der Waals surface area contributed by atoms with Crippen LogP contribution in [0.2, 0.25) is 0 Å². The molecule has 1 N–H and O–H groups in total. The van der Waals surface area contributed by atoms with Gasteiger partial charge in [0, 0.05) is 6.08 Å². The molecular formula is C8H9NO3S. The van der Waals surface area contributed by atoms with Crippen LogP contribution in [-0.4, -0.2) is 17.6 Å². The van der Waals surface area contributed by atoms with Crippen molar-refractivity contribution < 1.29 is 9.53 Å². The standard InChI is InChI=1S/C8H9NO3S/c1-3-12-7(10)4-6-8(11)9-5(2)13-6/h4H,2-3H2,1H3,(H,9,11)/b6-4-. The van der Waals surface area contributed by atoms with Crippen LogP contribution in [0.15, 0.2) is 4.79 Å². The van der Waals surface area contributed by atoms with E-state index in [1.54, 1.807) is 6.92 Å². The van der Waals surface area contributed by atoms with E-state index in [1.807, 2.05) is 0 Å². The number of esters is 1. The van der Waals surface area contributed by atoms with Gasteiger partial charge in [-0.15, -0.1) is 11.3 Å². The Hall–Kier alpha value is -1.36. The predicted octanol–water partition coefficient (Wildman–Crippen LogP) is -0.810. The van der Waals surface area contributed by atoms with E-state index in [-0.39, 0.29) is 5.56 Å². The van der Waals surface area contributed by atoms with Crippen molar-refractivity contribution in [1.29, 1.82) is 0 Å². The summed E-state index contributed by atoms with van der Waals surface area (Å²) in [5.74, 6) is -0.505. The van der Waals surface area contributed by atoms with Gasteiger partial charge < -0.3 is 9.72 Å². The minimum atomic E-state index is -0.505. The van der Waals surface area contributed by atoms with Gasteiger partial charge in [0.05, 0.1) is 11.3 Å². The van der Waals surface area contributed by atoms with Crippen molar-refractivity contribution in [1.82, 2.24) is 4.98 Å². The summed E-state index contributed by atoms with van der Waals surface area (Å²) < 4.78 is 5.50. The molecule has 0 saturated heterocycles. The van der Waals surface area contributed by atoms with E-state index >= 15 is 0 Å². The van der Waals surface area contributed by atoms with Gasteiger partial charge in [0.2, 0.25) is 0 Å². The Morgan fingerprint density at radius 2 is 2.46 bits per heavy atom. The van der Waals surface area contributed by atoms with Gasteiger partial charge in [0.1, 0.15) is 4.53 Å². The van der Waals surface area contributed by atoms with Crippen LogP contribution >= 0.6 is 11.3 Å². The van der Waals surface area contributed by atoms with Gasteiger partial charge in [-0.3, -0.25) is 4.79 Å². The van der Waals surface area contributed by atoms with Gasteiger partial charge in [0.15, 0.2) is 0 Å². The zero-order chi connectivity index (χ0) is 9.84. The molecular weight excluding hydrogens is 190 g/mol. The second kappa shape index (κ2) is 4.04. The summed E-state index contributed by atoms with van der Waals surface area (Å²) in [5, 5.41) is 0. The Morgan fingerprint density at radius 1 is 1.77 bits per heavy atom. The first-order chi connectivity index (χ1) is 6.13. The van der Waals surface area contributed by atoms with Gasteiger partial charge in [-0.05, 0) is 6.92 Å². The van der Waals surface area contributed by atoms with Crippen molar-refractivity contribution in [2.45, 2.75) is 6.92 Å². The maximum absolute atomic E-state index is 11.1. The predicted molar refractivity (Wildman–Crippen MR) is 50.8 cm³/mol. The third kappa shape index (κ3) is 2.55. The van der Waals surface area contributed by atoms with Gasteiger partial charge in [-0.25, -0.2) is 4.79 Å². The number of hydrogen-bond donors (Lipinski definition) is 1. The lowest BCUT2D eigenvalue weighted by Crippen LogP contribution is -2.21. The highest BCUT2D eigenvalue weighted by Crippen LogP contribution is 1.78. The highest BCUT2D eigenvalue weighted by molar-refractivity contribution is 7.07. The average molecular weight is 199 g/mol. The van der Waals surface area contributed by atoms with Crippen LogP contribution < -0.4 is 14.8 Å². The first-order valence-corrected chi connectivity index (χ1v) is 4.51. The van der Waals surface area contributed by atoms with E-state index in [9.17, 15) is 9.59 Å². The molecule has 0 atom stereocenters. The van der Waals surface area contributed by atoms with E-state index in [0.29, 0.717) is 15.8 Å². The Morgan fingerprint density at radius 3 is 2.92 bits per heavy atom. The Bertz CT molecular complexity index is 456. The Kier molecular flexibility index (Phi) is 3.02. The maximum atomic E-state index is 11.1. The lowest BCUT2D eigenvalue weighted by Gasteiger charge is -1.91. The number of carbonyl (C=O) groups excluding carboxylic acids is 1. The summed E-state index contributed by atoms with van der Waals surface area (Å²) in [7, 11) is 0. The SMILES string of the molecule is C=c1[nH]c(=O)/c(=C/C(=O)OCC)s1. The summed E-state index contributed by atoms with van der Waals surface area (Å²) in [6.07, 6.45) is 1.17. The largest absolute Gasteiger partial charge is 0.463 e. The Labute approximate surface area is 78.2 Å². The molecule has 0 unspecified atom stereocenters. The average Bonchev–Trinajstić information content (AvgIpc) is 2.30. The van der Waals surface area contributed by atoms with E-state index in [0.717, 1.165) is 11.3 Å². The van der Waals surface area contributed by atoms with Crippen LogP contribution in [0.25, 0.3) is 12.7 Å². The zero-order valence-corrected chi connectivity index (χ0v) is 7.94. The molecule has 0 amide bonds. The van der Waals surface area contributed by atoms with Crippen LogP contribution in [-0.2, 0) is 9.53 Å². The Balaban J connectivity index is 3.07. The fourth-order valence-corrected chi connectivity index (χ4v) is 1.49. The van der Waals surface area contributed by atoms with Crippen molar-refractivity contribution in [3.8, 4) is 0 Å². The summed E-state index contributed by atoms with van der Waals surface area (Å²) in [6, 6.07) is 0. The summed E-state index contributed by atoms with van der Waals surface area (Å²) in [5.41, 5.74) is -0.303. The third-order valence-electron chi connectivity index (χ3n) is 1.25. The van der Waals surface area contributed by atoms with Gasteiger partial charge >= 0.3 is 5.97 Å². The molecule has 13 heavy (non-hydrogen) atoms. The maximum Gasteiger partial charge on any atom is 0.332 e. The van der Waals surface area contributed by atoms with E-state index in [4.69, 9.17) is 0 Å². The van der Waals surface area contributed by atoms with Crippen molar-refractivity contribution in [3.05, 3.63) is 19.5 Å². The monoisotopic (exact) mass is 199 g/mol. The van der Waals surface area contributed by atoms with Gasteiger partial charge in [0.25, 0.3) is 5.56 Å². The lowest BCUT2D eigenvalue weighted by atomic mass is 10.5. The molecule has 0 fully saturated rings. The zero-order valence-electron chi connectivity index (χ0n) is 7.12. The lowest BCUT2D eigenvalue weighted by molar-refractivity contribution is -0.135. The number of carbonyl (C=O) groups is 1. The summed E-state index contributed by atoms with van der Waals surface area (Å²) >= 11 is 1.13. The van der Waals surface area contributed by atoms with Crippen LogP contribution in [0.4, 0.5) is 0 Å². The summed E-state index contributed by atoms with van der Waals surface area (Å²) in [6.45, 7) is 5.55. The molecule has 0 radical (unpaired) electrons. The second-order valence-corrected chi connectivity index (χ2v) is 3.38. The van der Waals surface area contributed by atoms with Crippen LogP contribution in [0.3, 0.4) is 0 Å². The molecule has 0 aliphatic heterocycles. The molecule has 70 valence electrons. The molecule has 0 aromatic carbocycles. The minimum Gasteiger partial charge on any atom is -0.463 e. The molecule has 1 heterocycles. The molecule has 1 aromatic heterocycles.